The Balaban J connectivity index is 1.19. The maximum absolute atomic E-state index is 8.51. The molecular weight excluding hydrogens is 772 g/mol. The third-order valence-corrected chi connectivity index (χ3v) is 10.4. The second-order valence-corrected chi connectivity index (χ2v) is 13.3. The molecule has 0 N–H and O–H groups in total. The molecule has 5 nitrogen and oxygen atoms in total. The molecule has 0 saturated carbocycles. The number of fused-ring (bicyclic) bond motifs is 5. The first-order valence-corrected chi connectivity index (χ1v) is 17.2. The van der Waals surface area contributed by atoms with Crippen LogP contribution in [-0.4, -0.2) is 18.7 Å². The van der Waals surface area contributed by atoms with Crippen LogP contribution >= 0.6 is 0 Å². The van der Waals surface area contributed by atoms with Gasteiger partial charge in [0.15, 0.2) is 0 Å². The fourth-order valence-electron chi connectivity index (χ4n) is 7.14. The molecule has 1 aliphatic rings. The number of hydrogen-bond acceptors (Lipinski definition) is 2. The Bertz CT molecular complexity index is 2820. The average Bonchev–Trinajstić information content (AvgIpc) is 3.64. The van der Waals surface area contributed by atoms with Crippen molar-refractivity contribution in [3.05, 3.63) is 142 Å². The van der Waals surface area contributed by atoms with Gasteiger partial charge in [-0.2, -0.15) is 0 Å². The Kier molecular flexibility index (Phi) is 5.65. The maximum atomic E-state index is 8.51. The number of ether oxygens (including phenoxy) is 1. The second-order valence-electron chi connectivity index (χ2n) is 12.3. The molecule has 0 spiro atoms. The molecule has 1 aliphatic carbocycles. The minimum Gasteiger partial charge on any atom is -0.0622 e. The molecule has 8 aromatic rings. The van der Waals surface area contributed by atoms with Gasteiger partial charge in [0, 0.05) is 15.9 Å². The zero-order chi connectivity index (χ0) is 37.4. The normalized spacial score (nSPS) is 15.4. The van der Waals surface area contributed by atoms with Crippen LogP contribution in [0.4, 0.5) is 0 Å². The van der Waals surface area contributed by atoms with Crippen molar-refractivity contribution in [3.63, 3.8) is 0 Å². The van der Waals surface area contributed by atoms with Crippen molar-refractivity contribution in [1.82, 2.24) is 18.7 Å². The van der Waals surface area contributed by atoms with Crippen molar-refractivity contribution < 1.29 is 32.3 Å². The molecule has 0 fully saturated rings. The smallest absolute Gasteiger partial charge is 0.0622 e. The van der Waals surface area contributed by atoms with Crippen LogP contribution in [0.1, 0.15) is 37.8 Å². The number of imidazole rings is 1. The summed E-state index contributed by atoms with van der Waals surface area (Å²) in [5.74, 6) is 1.69. The van der Waals surface area contributed by atoms with Crippen LogP contribution in [0.15, 0.2) is 121 Å². The molecule has 48 heavy (non-hydrogen) atoms. The van der Waals surface area contributed by atoms with E-state index in [-0.39, 0.29) is 5.56 Å². The van der Waals surface area contributed by atoms with Gasteiger partial charge in [-0.15, -0.1) is 0 Å². The summed E-state index contributed by atoms with van der Waals surface area (Å²) in [5, 5.41) is 2.10. The third kappa shape index (κ3) is 4.79. The van der Waals surface area contributed by atoms with Crippen LogP contribution in [0.25, 0.3) is 55.5 Å². The Morgan fingerprint density at radius 1 is 0.688 bits per heavy atom. The number of nitrogens with zero attached hydrogens (tertiary/aromatic N) is 4. The van der Waals surface area contributed by atoms with Crippen molar-refractivity contribution in [1.29, 1.82) is 0 Å². The van der Waals surface area contributed by atoms with Crippen LogP contribution < -0.4 is 4.74 Å². The van der Waals surface area contributed by atoms with Gasteiger partial charge in [0.05, 0.1) is 0 Å². The molecule has 9 rings (SSSR count). The molecule has 0 saturated heterocycles. The van der Waals surface area contributed by atoms with Crippen LogP contribution in [0, 0.1) is 10.7 Å². The minimum absolute atomic E-state index is 0.239. The Morgan fingerprint density at radius 3 is 2.29 bits per heavy atom. The van der Waals surface area contributed by atoms with Crippen molar-refractivity contribution in [2.75, 3.05) is 0 Å². The van der Waals surface area contributed by atoms with Gasteiger partial charge in [-0.05, 0) is 54.8 Å². The summed E-state index contributed by atoms with van der Waals surface area (Å²) in [6.45, 7) is -4.73. The number of aryl methyl sites for hydroxylation is 4. The summed E-state index contributed by atoms with van der Waals surface area (Å²) in [5.41, 5.74) is 8.25. The summed E-state index contributed by atoms with van der Waals surface area (Å²) < 4.78 is 62.6. The van der Waals surface area contributed by atoms with E-state index < -0.39 is 13.8 Å². The van der Waals surface area contributed by atoms with Crippen LogP contribution in [0.2, 0.25) is 0 Å². The summed E-state index contributed by atoms with van der Waals surface area (Å²) in [4.78, 5) is 4.92. The molecule has 3 aromatic heterocycles. The van der Waals surface area contributed by atoms with Crippen LogP contribution in [0.3, 0.4) is 0 Å². The number of pyridine rings is 1. The fraction of sp³-hybridized carbons (Fsp3) is 0.143. The average molecular weight is 812 g/mol. The van der Waals surface area contributed by atoms with E-state index in [1.165, 1.54) is 15.7 Å². The topological polar surface area (TPSA) is 36.9 Å². The molecule has 0 atom stereocenters. The monoisotopic (exact) mass is 811 g/mol. The first-order valence-electron chi connectivity index (χ1n) is 19.1. The van der Waals surface area contributed by atoms with Gasteiger partial charge in [0.25, 0.3) is 0 Å². The van der Waals surface area contributed by atoms with Gasteiger partial charge < -0.3 is 0 Å². The van der Waals surface area contributed by atoms with E-state index in [0.29, 0.717) is 32.2 Å². The summed E-state index contributed by atoms with van der Waals surface area (Å²) >= 11 is 2.07. The summed E-state index contributed by atoms with van der Waals surface area (Å²) in [6, 6.07) is 36.8. The Hall–Kier alpha value is -4.99. The van der Waals surface area contributed by atoms with E-state index >= 15 is 0 Å². The molecule has 3 heterocycles. The summed E-state index contributed by atoms with van der Waals surface area (Å²) in [6.07, 6.45) is 6.01. The molecule has 0 amide bonds. The van der Waals surface area contributed by atoms with Crippen molar-refractivity contribution in [2.45, 2.75) is 32.5 Å². The van der Waals surface area contributed by atoms with Crippen molar-refractivity contribution >= 4 is 32.8 Å². The molecule has 0 aliphatic heterocycles. The molecule has 0 radical (unpaired) electrons. The first kappa shape index (κ1) is 23.4. The van der Waals surface area contributed by atoms with Crippen molar-refractivity contribution in [2.24, 2.45) is 6.98 Å². The Morgan fingerprint density at radius 2 is 1.46 bits per heavy atom. The molecule has 5 aromatic carbocycles. The number of para-hydroxylation sites is 2. The fourth-order valence-corrected chi connectivity index (χ4v) is 7.98. The minimum atomic E-state index is -2.37. The molecule has 0 unspecified atom stereocenters. The number of rotatable bonds is 5. The molecule has 6 heteroatoms. The van der Waals surface area contributed by atoms with Gasteiger partial charge in [0.1, 0.15) is 0 Å². The number of aromatic nitrogens is 4. The number of benzene rings is 5. The van der Waals surface area contributed by atoms with Gasteiger partial charge in [-0.25, -0.2) is 0 Å². The predicted octanol–water partition coefficient (Wildman–Crippen LogP) is 10.2. The first-order chi connectivity index (χ1) is 26.0. The van der Waals surface area contributed by atoms with E-state index in [1.54, 1.807) is 12.3 Å². The van der Waals surface area contributed by atoms with Crippen molar-refractivity contribution in [3.8, 4) is 34.1 Å². The molecule has 238 valence electrons. The standard InChI is InChI=1S/C42H34N4O.Pt/c1-28-21-42(43-26-37(28)29-11-4-3-5-12-29)46-40-23-31-14-7-6-13-30(31)22-36(40)35-20-19-34(25-41(35)46)47-33-16-10-15-32(24-33)45-27-44(2)38-17-8-9-18-39(38)45;/h3-5,8-12,15-26H,6-7,13-14H2,1-2H3;/i1D3,2D3;. The predicted molar refractivity (Wildman–Crippen MR) is 191 cm³/mol. The zero-order valence-corrected chi connectivity index (χ0v) is 28.2. The molecule has 0 bridgehead atoms. The van der Waals surface area contributed by atoms with E-state index in [2.05, 4.69) is 42.1 Å². The summed E-state index contributed by atoms with van der Waals surface area (Å²) in [7, 11) is 0. The SMILES string of the molecule is [2H]C([2H])([2H])c1cc(-n2c3cc(Oc4cccc(-n5[c](=[Pt])n(C([2H])([2H])[2H])c6ccccc65)c4)ccc3c3cc4c(cc32)CCCC4)ncc1-c1ccccc1. The van der Waals surface area contributed by atoms with Gasteiger partial charge in [-0.3, -0.25) is 0 Å². The third-order valence-electron chi connectivity index (χ3n) is 9.42. The van der Waals surface area contributed by atoms with Gasteiger partial charge >= 0.3 is 198 Å². The van der Waals surface area contributed by atoms with Gasteiger partial charge in [0.2, 0.25) is 0 Å². The van der Waals surface area contributed by atoms with Crippen LogP contribution in [0.5, 0.6) is 11.5 Å². The quantitative estimate of drug-likeness (QED) is 0.174. The van der Waals surface area contributed by atoms with E-state index in [1.807, 2.05) is 95.6 Å². The zero-order valence-electron chi connectivity index (χ0n) is 31.9. The van der Waals surface area contributed by atoms with E-state index in [9.17, 15) is 0 Å². The van der Waals surface area contributed by atoms with Gasteiger partial charge in [-0.1, -0.05) is 30.3 Å². The molecular formula is C42H34N4OPt. The van der Waals surface area contributed by atoms with E-state index in [0.717, 1.165) is 64.3 Å². The second kappa shape index (κ2) is 11.6. The van der Waals surface area contributed by atoms with Crippen LogP contribution in [-0.2, 0) is 39.2 Å². The number of hydrogen-bond donors (Lipinski definition) is 0. The Labute approximate surface area is 298 Å². The van der Waals surface area contributed by atoms with E-state index in [4.69, 9.17) is 17.9 Å².